The molecule has 0 aliphatic heterocycles. The van der Waals surface area contributed by atoms with Gasteiger partial charge in [0.1, 0.15) is 17.9 Å². The molecule has 2 aromatic heterocycles. The first kappa shape index (κ1) is 19.4. The van der Waals surface area contributed by atoms with Crippen LogP contribution in [0.4, 0.5) is 0 Å². The first-order chi connectivity index (χ1) is 14.1. The Morgan fingerprint density at radius 2 is 2.03 bits per heavy atom. The number of aromatic nitrogens is 5. The summed E-state index contributed by atoms with van der Waals surface area (Å²) in [6.45, 7) is 1.99. The van der Waals surface area contributed by atoms with Crippen molar-refractivity contribution in [1.82, 2.24) is 25.0 Å². The minimum absolute atomic E-state index is 0.0283. The predicted octanol–water partition coefficient (Wildman–Crippen LogP) is 4.76. The molecule has 0 unspecified atom stereocenters. The number of carbonyl (C=O) groups is 1. The molecule has 0 saturated carbocycles. The Labute approximate surface area is 176 Å². The average Bonchev–Trinajstić information content (AvgIpc) is 3.31. The van der Waals surface area contributed by atoms with Gasteiger partial charge in [0, 0.05) is 5.02 Å². The van der Waals surface area contributed by atoms with Crippen LogP contribution in [0.3, 0.4) is 0 Å². The molecule has 4 aromatic rings. The number of imidazole rings is 1. The van der Waals surface area contributed by atoms with Gasteiger partial charge in [0.2, 0.25) is 0 Å². The maximum absolute atomic E-state index is 12.7. The second kappa shape index (κ2) is 8.23. The van der Waals surface area contributed by atoms with Crippen LogP contribution in [0.15, 0.2) is 42.5 Å². The maximum Gasteiger partial charge on any atom is 0.361 e. The quantitative estimate of drug-likeness (QED) is 0.446. The number of rotatable bonds is 6. The zero-order chi connectivity index (χ0) is 20.4. The van der Waals surface area contributed by atoms with E-state index in [1.54, 1.807) is 22.9 Å². The van der Waals surface area contributed by atoms with Crippen molar-refractivity contribution in [3.05, 3.63) is 69.7 Å². The number of benzene rings is 2. The van der Waals surface area contributed by atoms with Crippen LogP contribution >= 0.6 is 23.2 Å². The summed E-state index contributed by atoms with van der Waals surface area (Å²) in [5.74, 6) is -0.0611. The fraction of sp³-hybridized carbons (Fsp3) is 0.200. The molecule has 0 fully saturated rings. The molecule has 29 heavy (non-hydrogen) atoms. The number of para-hydroxylation sites is 1. The van der Waals surface area contributed by atoms with Crippen LogP contribution in [0.25, 0.3) is 16.7 Å². The third kappa shape index (κ3) is 3.97. The molecule has 2 aromatic carbocycles. The maximum atomic E-state index is 12.7. The molecule has 0 saturated heterocycles. The van der Waals surface area contributed by atoms with E-state index in [4.69, 9.17) is 27.9 Å². The highest BCUT2D eigenvalue weighted by molar-refractivity contribution is 6.34. The van der Waals surface area contributed by atoms with E-state index in [1.165, 1.54) is 0 Å². The Kier molecular flexibility index (Phi) is 5.51. The molecule has 2 heterocycles. The lowest BCUT2D eigenvalue weighted by Gasteiger charge is -2.07. The van der Waals surface area contributed by atoms with Gasteiger partial charge in [-0.1, -0.05) is 53.9 Å². The van der Waals surface area contributed by atoms with Crippen LogP contribution < -0.4 is 0 Å². The summed E-state index contributed by atoms with van der Waals surface area (Å²) in [6.07, 6.45) is 1.43. The average molecular weight is 430 g/mol. The highest BCUT2D eigenvalue weighted by atomic mass is 35.5. The number of nitrogens with one attached hydrogen (secondary N) is 1. The van der Waals surface area contributed by atoms with E-state index < -0.39 is 5.97 Å². The largest absolute Gasteiger partial charge is 0.453 e. The molecule has 0 aliphatic carbocycles. The molecule has 0 radical (unpaired) electrons. The van der Waals surface area contributed by atoms with Crippen molar-refractivity contribution < 1.29 is 9.53 Å². The van der Waals surface area contributed by atoms with Gasteiger partial charge in [0.05, 0.1) is 21.9 Å². The zero-order valence-corrected chi connectivity index (χ0v) is 17.0. The summed E-state index contributed by atoms with van der Waals surface area (Å²) in [7, 11) is 0. The van der Waals surface area contributed by atoms with E-state index in [1.807, 2.05) is 31.2 Å². The van der Waals surface area contributed by atoms with Gasteiger partial charge >= 0.3 is 5.97 Å². The fourth-order valence-electron chi connectivity index (χ4n) is 3.06. The first-order valence-electron chi connectivity index (χ1n) is 9.07. The van der Waals surface area contributed by atoms with Crippen molar-refractivity contribution >= 4 is 40.2 Å². The molecule has 4 rings (SSSR count). The number of hydrogen-bond donors (Lipinski definition) is 1. The smallest absolute Gasteiger partial charge is 0.361 e. The first-order valence-corrected chi connectivity index (χ1v) is 9.83. The second-order valence-corrected chi connectivity index (χ2v) is 7.27. The summed E-state index contributed by atoms with van der Waals surface area (Å²) in [5, 5.41) is 9.30. The molecule has 0 atom stereocenters. The minimum Gasteiger partial charge on any atom is -0.453 e. The number of fused-ring (bicyclic) bond motifs is 1. The van der Waals surface area contributed by atoms with Crippen molar-refractivity contribution in [1.29, 1.82) is 0 Å². The molecular weight excluding hydrogens is 413 g/mol. The summed E-state index contributed by atoms with van der Waals surface area (Å²) in [4.78, 5) is 20.1. The Balaban J connectivity index is 1.57. The number of ether oxygens (including phenoxy) is 1. The van der Waals surface area contributed by atoms with Crippen molar-refractivity contribution in [2.75, 3.05) is 0 Å². The highest BCUT2D eigenvalue weighted by Gasteiger charge is 2.22. The van der Waals surface area contributed by atoms with Crippen LogP contribution in [-0.2, 0) is 17.8 Å². The zero-order valence-electron chi connectivity index (χ0n) is 15.5. The van der Waals surface area contributed by atoms with Crippen LogP contribution in [0.1, 0.15) is 35.4 Å². The molecule has 0 bridgehead atoms. The monoisotopic (exact) mass is 429 g/mol. The predicted molar refractivity (Wildman–Crippen MR) is 111 cm³/mol. The lowest BCUT2D eigenvalue weighted by Crippen LogP contribution is -2.11. The number of esters is 1. The van der Waals surface area contributed by atoms with Crippen molar-refractivity contribution in [3.8, 4) is 5.69 Å². The fourth-order valence-corrected chi connectivity index (χ4v) is 3.46. The third-order valence-corrected chi connectivity index (χ3v) is 4.89. The molecule has 1 N–H and O–H groups in total. The Morgan fingerprint density at radius 3 is 2.79 bits per heavy atom. The van der Waals surface area contributed by atoms with Gasteiger partial charge < -0.3 is 9.72 Å². The van der Waals surface area contributed by atoms with Gasteiger partial charge in [-0.15, -0.1) is 5.10 Å². The van der Waals surface area contributed by atoms with Crippen molar-refractivity contribution in [2.45, 2.75) is 26.4 Å². The minimum atomic E-state index is -0.562. The van der Waals surface area contributed by atoms with E-state index in [9.17, 15) is 4.79 Å². The summed E-state index contributed by atoms with van der Waals surface area (Å²) in [5.41, 5.74) is 3.01. The van der Waals surface area contributed by atoms with E-state index in [0.717, 1.165) is 17.6 Å². The number of carbonyl (C=O) groups excluding carboxylic acids is 1. The second-order valence-electron chi connectivity index (χ2n) is 6.42. The van der Waals surface area contributed by atoms with Crippen molar-refractivity contribution in [3.63, 3.8) is 0 Å². The molecule has 0 spiro atoms. The summed E-state index contributed by atoms with van der Waals surface area (Å²) < 4.78 is 7.04. The van der Waals surface area contributed by atoms with E-state index in [-0.39, 0.29) is 12.3 Å². The third-order valence-electron chi connectivity index (χ3n) is 4.35. The number of halogens is 2. The summed E-state index contributed by atoms with van der Waals surface area (Å²) in [6, 6.07) is 12.6. The normalized spacial score (nSPS) is 11.1. The molecule has 0 aliphatic rings. The topological polar surface area (TPSA) is 85.7 Å². The Hall–Kier alpha value is -2.90. The van der Waals surface area contributed by atoms with E-state index in [2.05, 4.69) is 20.3 Å². The van der Waals surface area contributed by atoms with Crippen LogP contribution in [-0.4, -0.2) is 30.9 Å². The Bertz CT molecular complexity index is 1180. The Morgan fingerprint density at radius 1 is 1.21 bits per heavy atom. The van der Waals surface area contributed by atoms with Gasteiger partial charge in [-0.05, 0) is 36.8 Å². The van der Waals surface area contributed by atoms with Crippen molar-refractivity contribution in [2.24, 2.45) is 0 Å². The number of nitrogens with zero attached hydrogens (tertiary/aromatic N) is 4. The van der Waals surface area contributed by atoms with Crippen LogP contribution in [0, 0.1) is 0 Å². The number of hydrogen-bond acceptors (Lipinski definition) is 5. The van der Waals surface area contributed by atoms with E-state index in [0.29, 0.717) is 33.5 Å². The van der Waals surface area contributed by atoms with Gasteiger partial charge in [-0.2, -0.15) is 0 Å². The van der Waals surface area contributed by atoms with Gasteiger partial charge in [0.15, 0.2) is 5.69 Å². The molecule has 9 heteroatoms. The number of aromatic amines is 1. The molecule has 0 amide bonds. The summed E-state index contributed by atoms with van der Waals surface area (Å²) >= 11 is 12.2. The highest BCUT2D eigenvalue weighted by Crippen LogP contribution is 2.22. The molecular formula is C20H17Cl2N5O2. The standard InChI is InChI=1S/C20H17Cl2N5O2/c1-2-5-16-19(25-26-27(16)13-7-3-6-12(21)10-13)20(28)29-11-17-23-15-9-4-8-14(22)18(15)24-17/h3-4,6-10H,2,5,11H2,1H3,(H,23,24). The molecule has 7 nitrogen and oxygen atoms in total. The lowest BCUT2D eigenvalue weighted by molar-refractivity contribution is 0.0455. The van der Waals surface area contributed by atoms with Gasteiger partial charge in [-0.25, -0.2) is 14.5 Å². The van der Waals surface area contributed by atoms with Crippen LogP contribution in [0.5, 0.6) is 0 Å². The SMILES string of the molecule is CCCc1c(C(=O)OCc2nc3c(Cl)cccc3[nH]2)nnn1-c1cccc(Cl)c1. The van der Waals surface area contributed by atoms with Gasteiger partial charge in [0.25, 0.3) is 0 Å². The van der Waals surface area contributed by atoms with Crippen LogP contribution in [0.2, 0.25) is 10.0 Å². The molecule has 148 valence electrons. The number of H-pyrrole nitrogens is 1. The lowest BCUT2D eigenvalue weighted by atomic mass is 10.2. The van der Waals surface area contributed by atoms with Gasteiger partial charge in [-0.3, -0.25) is 0 Å². The van der Waals surface area contributed by atoms with E-state index >= 15 is 0 Å².